The van der Waals surface area contributed by atoms with E-state index in [9.17, 15) is 22.4 Å². The molecule has 0 heterocycles. The highest BCUT2D eigenvalue weighted by atomic mass is 35.5. The molecule has 0 aromatic heterocycles. The van der Waals surface area contributed by atoms with Crippen LogP contribution in [-0.2, 0) is 4.79 Å². The topological polar surface area (TPSA) is 17.1 Å². The van der Waals surface area contributed by atoms with Crippen LogP contribution in [0, 0.1) is 5.92 Å². The number of hydrogen-bond donors (Lipinski definition) is 0. The average Bonchev–Trinajstić information content (AvgIpc) is 1.97. The van der Waals surface area contributed by atoms with Gasteiger partial charge in [0.2, 0.25) is 5.24 Å². The SMILES string of the molecule is O=C(Cl)/C=C/C1CC(F)(F)C1(F)F. The number of alkyl halides is 4. The minimum Gasteiger partial charge on any atom is -0.276 e. The second-order valence-corrected chi connectivity index (χ2v) is 3.17. The Morgan fingerprint density at radius 2 is 1.92 bits per heavy atom. The first-order valence-electron chi connectivity index (χ1n) is 3.40. The van der Waals surface area contributed by atoms with Crippen molar-refractivity contribution in [2.24, 2.45) is 5.92 Å². The van der Waals surface area contributed by atoms with Gasteiger partial charge in [-0.15, -0.1) is 0 Å². The van der Waals surface area contributed by atoms with E-state index in [1.165, 1.54) is 0 Å². The molecule has 0 aromatic rings. The number of halogens is 5. The molecular formula is C7H5ClF4O. The predicted octanol–water partition coefficient (Wildman–Crippen LogP) is 2.60. The Kier molecular flexibility index (Phi) is 2.40. The van der Waals surface area contributed by atoms with Crippen molar-refractivity contribution in [1.29, 1.82) is 0 Å². The fourth-order valence-electron chi connectivity index (χ4n) is 1.06. The van der Waals surface area contributed by atoms with E-state index in [-0.39, 0.29) is 0 Å². The maximum atomic E-state index is 12.5. The molecule has 6 heteroatoms. The largest absolute Gasteiger partial charge is 0.316 e. The molecule has 1 saturated carbocycles. The number of rotatable bonds is 2. The molecule has 74 valence electrons. The maximum absolute atomic E-state index is 12.5. The Hall–Kier alpha value is -0.580. The van der Waals surface area contributed by atoms with E-state index in [1.807, 2.05) is 0 Å². The highest BCUT2D eigenvalue weighted by Crippen LogP contribution is 2.55. The second-order valence-electron chi connectivity index (χ2n) is 2.80. The van der Waals surface area contributed by atoms with E-state index in [2.05, 4.69) is 0 Å². The summed E-state index contributed by atoms with van der Waals surface area (Å²) in [7, 11) is 0. The van der Waals surface area contributed by atoms with Crippen molar-refractivity contribution in [3.05, 3.63) is 12.2 Å². The van der Waals surface area contributed by atoms with Crippen LogP contribution in [0.4, 0.5) is 17.6 Å². The standard InChI is InChI=1S/C7H5ClF4O/c8-5(13)2-1-4-3-6(9,10)7(4,11)12/h1-2,4H,3H2/b2-1+. The van der Waals surface area contributed by atoms with Crippen LogP contribution >= 0.6 is 11.6 Å². The average molecular weight is 217 g/mol. The summed E-state index contributed by atoms with van der Waals surface area (Å²) in [5.74, 6) is -9.61. The summed E-state index contributed by atoms with van der Waals surface area (Å²) in [5.41, 5.74) is 0. The molecule has 0 amide bonds. The lowest BCUT2D eigenvalue weighted by atomic mass is 9.76. The zero-order valence-electron chi connectivity index (χ0n) is 6.24. The van der Waals surface area contributed by atoms with E-state index < -0.39 is 29.4 Å². The van der Waals surface area contributed by atoms with Gasteiger partial charge in [-0.2, -0.15) is 17.6 Å². The molecule has 0 aromatic carbocycles. The third-order valence-corrected chi connectivity index (χ3v) is 2.02. The van der Waals surface area contributed by atoms with Gasteiger partial charge in [0.15, 0.2) is 0 Å². The van der Waals surface area contributed by atoms with Crippen LogP contribution in [0.5, 0.6) is 0 Å². The van der Waals surface area contributed by atoms with Crippen LogP contribution in [0.1, 0.15) is 6.42 Å². The lowest BCUT2D eigenvalue weighted by Crippen LogP contribution is -2.57. The molecular weight excluding hydrogens is 212 g/mol. The van der Waals surface area contributed by atoms with Gasteiger partial charge in [0.05, 0.1) is 5.92 Å². The zero-order chi connectivity index (χ0) is 10.3. The maximum Gasteiger partial charge on any atom is 0.316 e. The van der Waals surface area contributed by atoms with E-state index in [1.54, 1.807) is 0 Å². The normalized spacial score (nSPS) is 30.1. The van der Waals surface area contributed by atoms with E-state index in [4.69, 9.17) is 11.6 Å². The summed E-state index contributed by atoms with van der Waals surface area (Å²) in [4.78, 5) is 10.1. The van der Waals surface area contributed by atoms with Crippen LogP contribution in [0.2, 0.25) is 0 Å². The lowest BCUT2D eigenvalue weighted by molar-refractivity contribution is -0.301. The highest BCUT2D eigenvalue weighted by molar-refractivity contribution is 6.66. The van der Waals surface area contributed by atoms with Crippen LogP contribution < -0.4 is 0 Å². The number of hydrogen-bond acceptors (Lipinski definition) is 1. The first kappa shape index (κ1) is 10.5. The van der Waals surface area contributed by atoms with E-state index >= 15 is 0 Å². The Balaban J connectivity index is 2.65. The van der Waals surface area contributed by atoms with Gasteiger partial charge in [-0.05, 0) is 17.7 Å². The summed E-state index contributed by atoms with van der Waals surface area (Å²) >= 11 is 4.81. The molecule has 0 saturated heterocycles. The van der Waals surface area contributed by atoms with Crippen molar-refractivity contribution >= 4 is 16.8 Å². The summed E-state index contributed by atoms with van der Waals surface area (Å²) in [6, 6.07) is 0. The van der Waals surface area contributed by atoms with Crippen LogP contribution in [0.3, 0.4) is 0 Å². The van der Waals surface area contributed by atoms with Gasteiger partial charge in [-0.3, -0.25) is 4.79 Å². The first-order chi connectivity index (χ1) is 5.77. The molecule has 0 aliphatic heterocycles. The van der Waals surface area contributed by atoms with Crippen molar-refractivity contribution in [2.75, 3.05) is 0 Å². The monoisotopic (exact) mass is 216 g/mol. The predicted molar refractivity (Wildman–Crippen MR) is 38.0 cm³/mol. The smallest absolute Gasteiger partial charge is 0.276 e. The third kappa shape index (κ3) is 1.70. The van der Waals surface area contributed by atoms with Crippen LogP contribution in [0.25, 0.3) is 0 Å². The molecule has 13 heavy (non-hydrogen) atoms. The Bertz CT molecular complexity index is 261. The van der Waals surface area contributed by atoms with Crippen molar-refractivity contribution in [1.82, 2.24) is 0 Å². The Morgan fingerprint density at radius 1 is 1.38 bits per heavy atom. The number of carbonyl (C=O) groups is 1. The molecule has 1 nitrogen and oxygen atoms in total. The highest BCUT2D eigenvalue weighted by Gasteiger charge is 2.70. The molecule has 1 fully saturated rings. The summed E-state index contributed by atoms with van der Waals surface area (Å²) in [5, 5.41) is -0.953. The quantitative estimate of drug-likeness (QED) is 0.394. The molecule has 1 atom stereocenters. The number of carbonyl (C=O) groups excluding carboxylic acids is 1. The molecule has 1 aliphatic rings. The minimum atomic E-state index is -4.06. The molecule has 1 rings (SSSR count). The molecule has 0 radical (unpaired) electrons. The minimum absolute atomic E-state index is 0.662. The molecule has 0 spiro atoms. The van der Waals surface area contributed by atoms with Gasteiger partial charge in [0, 0.05) is 6.42 Å². The fourth-order valence-corrected chi connectivity index (χ4v) is 1.13. The lowest BCUT2D eigenvalue weighted by Gasteiger charge is -2.42. The van der Waals surface area contributed by atoms with Gasteiger partial charge < -0.3 is 0 Å². The molecule has 0 N–H and O–H groups in total. The molecule has 1 unspecified atom stereocenters. The van der Waals surface area contributed by atoms with Gasteiger partial charge in [0.1, 0.15) is 0 Å². The van der Waals surface area contributed by atoms with Crippen molar-refractivity contribution in [2.45, 2.75) is 18.3 Å². The second kappa shape index (κ2) is 2.97. The zero-order valence-corrected chi connectivity index (χ0v) is 6.99. The summed E-state index contributed by atoms with van der Waals surface area (Å²) in [6.07, 6.45) is 0.433. The number of allylic oxidation sites excluding steroid dienone is 2. The summed E-state index contributed by atoms with van der Waals surface area (Å²) in [6.45, 7) is 0. The van der Waals surface area contributed by atoms with E-state index in [0.717, 1.165) is 0 Å². The van der Waals surface area contributed by atoms with Crippen LogP contribution in [-0.4, -0.2) is 17.1 Å². The Labute approximate surface area is 76.4 Å². The van der Waals surface area contributed by atoms with Gasteiger partial charge in [-0.1, -0.05) is 6.08 Å². The van der Waals surface area contributed by atoms with Crippen molar-refractivity contribution in [3.63, 3.8) is 0 Å². The van der Waals surface area contributed by atoms with Crippen molar-refractivity contribution in [3.8, 4) is 0 Å². The molecule has 0 bridgehead atoms. The van der Waals surface area contributed by atoms with Crippen LogP contribution in [0.15, 0.2) is 12.2 Å². The van der Waals surface area contributed by atoms with E-state index in [0.29, 0.717) is 12.2 Å². The fraction of sp³-hybridized carbons (Fsp3) is 0.571. The van der Waals surface area contributed by atoms with Gasteiger partial charge >= 0.3 is 11.8 Å². The third-order valence-electron chi connectivity index (χ3n) is 1.89. The van der Waals surface area contributed by atoms with Gasteiger partial charge in [0.25, 0.3) is 0 Å². The Morgan fingerprint density at radius 3 is 2.23 bits per heavy atom. The van der Waals surface area contributed by atoms with Gasteiger partial charge in [-0.25, -0.2) is 0 Å². The van der Waals surface area contributed by atoms with Crippen molar-refractivity contribution < 1.29 is 22.4 Å². The molecule has 1 aliphatic carbocycles. The first-order valence-corrected chi connectivity index (χ1v) is 3.78. The summed E-state index contributed by atoms with van der Waals surface area (Å²) < 4.78 is 49.3.